The minimum Gasteiger partial charge on any atom is -0.481 e. The summed E-state index contributed by atoms with van der Waals surface area (Å²) in [6, 6.07) is 6.20. The lowest BCUT2D eigenvalue weighted by Crippen LogP contribution is -2.31. The molecule has 3 nitrogen and oxygen atoms in total. The molecule has 0 radical (unpaired) electrons. The van der Waals surface area contributed by atoms with Crippen LogP contribution in [-0.2, 0) is 9.53 Å². The Morgan fingerprint density at radius 2 is 2.12 bits per heavy atom. The number of carbonyl (C=O) groups is 1. The predicted molar refractivity (Wildman–Crippen MR) is 58.2 cm³/mol. The number of fused-ring (bicyclic) bond motifs is 2. The van der Waals surface area contributed by atoms with Gasteiger partial charge in [-0.2, -0.15) is 0 Å². The number of rotatable bonds is 2. The molecule has 0 saturated carbocycles. The quantitative estimate of drug-likeness (QED) is 0.856. The summed E-state index contributed by atoms with van der Waals surface area (Å²) >= 11 is 0. The van der Waals surface area contributed by atoms with Gasteiger partial charge in [-0.05, 0) is 30.5 Å². The molecule has 4 atom stereocenters. The monoisotopic (exact) mass is 236 g/mol. The van der Waals surface area contributed by atoms with Crippen LogP contribution in [0.2, 0.25) is 0 Å². The lowest BCUT2D eigenvalue weighted by molar-refractivity contribution is -0.143. The summed E-state index contributed by atoms with van der Waals surface area (Å²) in [4.78, 5) is 11.3. The van der Waals surface area contributed by atoms with Crippen molar-refractivity contribution < 1.29 is 19.0 Å². The number of ether oxygens (including phenoxy) is 1. The average molecular weight is 236 g/mol. The molecule has 2 aliphatic rings. The van der Waals surface area contributed by atoms with Gasteiger partial charge >= 0.3 is 5.97 Å². The molecule has 0 amide bonds. The van der Waals surface area contributed by atoms with Gasteiger partial charge in [0.2, 0.25) is 0 Å². The second-order valence-corrected chi connectivity index (χ2v) is 4.74. The number of aliphatic carboxylic acids is 1. The number of carboxylic acids is 1. The number of benzene rings is 1. The third-order valence-electron chi connectivity index (χ3n) is 3.79. The van der Waals surface area contributed by atoms with Crippen molar-refractivity contribution in [3.05, 3.63) is 35.6 Å². The van der Waals surface area contributed by atoms with Gasteiger partial charge in [0, 0.05) is 5.92 Å². The van der Waals surface area contributed by atoms with E-state index in [4.69, 9.17) is 4.74 Å². The first-order valence-corrected chi connectivity index (χ1v) is 5.80. The first-order valence-electron chi connectivity index (χ1n) is 5.80. The standard InChI is InChI=1S/C13H13FO3/c14-8-3-1-2-7(6-8)11-9-4-5-10(17-9)12(11)13(15)16/h1-3,6,9-12H,4-5H2,(H,15,16). The molecule has 2 heterocycles. The summed E-state index contributed by atoms with van der Waals surface area (Å²) in [5.41, 5.74) is 0.740. The molecular weight excluding hydrogens is 223 g/mol. The molecule has 0 aliphatic carbocycles. The van der Waals surface area contributed by atoms with Crippen LogP contribution in [0, 0.1) is 11.7 Å². The van der Waals surface area contributed by atoms with E-state index in [0.717, 1.165) is 18.4 Å². The van der Waals surface area contributed by atoms with Crippen LogP contribution in [0.4, 0.5) is 4.39 Å². The fraction of sp³-hybridized carbons (Fsp3) is 0.462. The molecule has 90 valence electrons. The molecule has 3 rings (SSSR count). The van der Waals surface area contributed by atoms with Gasteiger partial charge in [0.25, 0.3) is 0 Å². The highest BCUT2D eigenvalue weighted by molar-refractivity contribution is 5.73. The molecule has 2 bridgehead atoms. The summed E-state index contributed by atoms with van der Waals surface area (Å²) in [5.74, 6) is -1.90. The average Bonchev–Trinajstić information content (AvgIpc) is 2.88. The number of halogens is 1. The van der Waals surface area contributed by atoms with Crippen LogP contribution in [0.25, 0.3) is 0 Å². The molecule has 1 aromatic rings. The Kier molecular flexibility index (Phi) is 2.40. The zero-order valence-corrected chi connectivity index (χ0v) is 9.17. The van der Waals surface area contributed by atoms with E-state index in [1.807, 2.05) is 0 Å². The molecule has 2 saturated heterocycles. The fourth-order valence-electron chi connectivity index (χ4n) is 3.13. The summed E-state index contributed by atoms with van der Waals surface area (Å²) in [6.45, 7) is 0. The molecule has 2 fully saturated rings. The van der Waals surface area contributed by atoms with Gasteiger partial charge in [0.15, 0.2) is 0 Å². The zero-order valence-electron chi connectivity index (χ0n) is 9.17. The zero-order chi connectivity index (χ0) is 12.0. The number of hydrogen-bond acceptors (Lipinski definition) is 2. The number of hydrogen-bond donors (Lipinski definition) is 1. The predicted octanol–water partition coefficient (Wildman–Crippen LogP) is 2.17. The van der Waals surface area contributed by atoms with Crippen LogP contribution < -0.4 is 0 Å². The van der Waals surface area contributed by atoms with Crippen LogP contribution in [-0.4, -0.2) is 23.3 Å². The van der Waals surface area contributed by atoms with E-state index in [1.165, 1.54) is 12.1 Å². The second-order valence-electron chi connectivity index (χ2n) is 4.74. The third kappa shape index (κ3) is 1.63. The normalized spacial score (nSPS) is 35.1. The molecule has 0 spiro atoms. The summed E-state index contributed by atoms with van der Waals surface area (Å²) in [6.07, 6.45) is 1.40. The van der Waals surface area contributed by atoms with Crippen LogP contribution in [0.3, 0.4) is 0 Å². The van der Waals surface area contributed by atoms with Crippen molar-refractivity contribution >= 4 is 5.97 Å². The van der Waals surface area contributed by atoms with Crippen LogP contribution >= 0.6 is 0 Å². The van der Waals surface area contributed by atoms with Gasteiger partial charge in [-0.25, -0.2) is 4.39 Å². The highest BCUT2D eigenvalue weighted by Crippen LogP contribution is 2.48. The van der Waals surface area contributed by atoms with Gasteiger partial charge < -0.3 is 9.84 Å². The first-order chi connectivity index (χ1) is 8.16. The lowest BCUT2D eigenvalue weighted by atomic mass is 9.75. The van der Waals surface area contributed by atoms with Crippen LogP contribution in [0.1, 0.15) is 24.3 Å². The van der Waals surface area contributed by atoms with Crippen molar-refractivity contribution in [1.82, 2.24) is 0 Å². The summed E-state index contributed by atoms with van der Waals surface area (Å²) in [5, 5.41) is 9.26. The molecule has 4 heteroatoms. The van der Waals surface area contributed by atoms with E-state index < -0.39 is 11.9 Å². The van der Waals surface area contributed by atoms with E-state index >= 15 is 0 Å². The maximum atomic E-state index is 13.2. The molecular formula is C13H13FO3. The second kappa shape index (κ2) is 3.81. The Morgan fingerprint density at radius 1 is 1.35 bits per heavy atom. The highest BCUT2D eigenvalue weighted by atomic mass is 19.1. The number of carboxylic acid groups (broad SMARTS) is 1. The molecule has 2 aliphatic heterocycles. The van der Waals surface area contributed by atoms with Crippen molar-refractivity contribution in [2.45, 2.75) is 31.0 Å². The SMILES string of the molecule is O=C(O)C1C2CCC(O2)C1c1cccc(F)c1. The molecule has 1 N–H and O–H groups in total. The minimum atomic E-state index is -0.841. The smallest absolute Gasteiger partial charge is 0.309 e. The Labute approximate surface area is 98.2 Å². The molecule has 4 unspecified atom stereocenters. The van der Waals surface area contributed by atoms with E-state index in [-0.39, 0.29) is 23.9 Å². The van der Waals surface area contributed by atoms with Crippen LogP contribution in [0.5, 0.6) is 0 Å². The largest absolute Gasteiger partial charge is 0.481 e. The van der Waals surface area contributed by atoms with E-state index in [1.54, 1.807) is 12.1 Å². The summed E-state index contributed by atoms with van der Waals surface area (Å²) in [7, 11) is 0. The third-order valence-corrected chi connectivity index (χ3v) is 3.79. The van der Waals surface area contributed by atoms with Gasteiger partial charge in [0.1, 0.15) is 5.82 Å². The van der Waals surface area contributed by atoms with E-state index in [0.29, 0.717) is 0 Å². The maximum Gasteiger partial charge on any atom is 0.309 e. The fourth-order valence-corrected chi connectivity index (χ4v) is 3.13. The molecule has 17 heavy (non-hydrogen) atoms. The van der Waals surface area contributed by atoms with E-state index in [2.05, 4.69) is 0 Å². The van der Waals surface area contributed by atoms with Gasteiger partial charge in [-0.1, -0.05) is 12.1 Å². The van der Waals surface area contributed by atoms with Gasteiger partial charge in [-0.15, -0.1) is 0 Å². The summed E-state index contributed by atoms with van der Waals surface area (Å²) < 4.78 is 18.9. The van der Waals surface area contributed by atoms with Crippen molar-refractivity contribution in [2.24, 2.45) is 5.92 Å². The van der Waals surface area contributed by atoms with Crippen molar-refractivity contribution in [3.8, 4) is 0 Å². The Bertz CT molecular complexity index is 460. The van der Waals surface area contributed by atoms with E-state index in [9.17, 15) is 14.3 Å². The van der Waals surface area contributed by atoms with Crippen LogP contribution in [0.15, 0.2) is 24.3 Å². The lowest BCUT2D eigenvalue weighted by Gasteiger charge is -2.25. The minimum absolute atomic E-state index is 0.0668. The highest BCUT2D eigenvalue weighted by Gasteiger charge is 2.52. The molecule has 0 aromatic heterocycles. The first kappa shape index (κ1) is 10.7. The topological polar surface area (TPSA) is 46.5 Å². The Hall–Kier alpha value is -1.42. The Morgan fingerprint density at radius 3 is 2.82 bits per heavy atom. The Balaban J connectivity index is 1.98. The molecule has 1 aromatic carbocycles. The maximum absolute atomic E-state index is 13.2. The van der Waals surface area contributed by atoms with Gasteiger partial charge in [-0.3, -0.25) is 4.79 Å². The van der Waals surface area contributed by atoms with Crippen molar-refractivity contribution in [1.29, 1.82) is 0 Å². The van der Waals surface area contributed by atoms with Crippen molar-refractivity contribution in [2.75, 3.05) is 0 Å². The van der Waals surface area contributed by atoms with Gasteiger partial charge in [0.05, 0.1) is 18.1 Å². The van der Waals surface area contributed by atoms with Crippen molar-refractivity contribution in [3.63, 3.8) is 0 Å².